The lowest BCUT2D eigenvalue weighted by Gasteiger charge is -2.12. The number of rotatable bonds is 6. The monoisotopic (exact) mass is 297 g/mol. The highest BCUT2D eigenvalue weighted by atomic mass is 79.9. The molecule has 0 radical (unpaired) electrons. The number of aryl methyl sites for hydroxylation is 2. The van der Waals surface area contributed by atoms with Crippen molar-refractivity contribution < 1.29 is 4.79 Å². The average Bonchev–Trinajstić information content (AvgIpc) is 2.27. The zero-order chi connectivity index (χ0) is 12.7. The summed E-state index contributed by atoms with van der Waals surface area (Å²) in [5.41, 5.74) is 2.48. The lowest BCUT2D eigenvalue weighted by atomic mass is 10.1. The van der Waals surface area contributed by atoms with Crippen molar-refractivity contribution in [3.63, 3.8) is 0 Å². The van der Waals surface area contributed by atoms with Crippen molar-refractivity contribution in [3.8, 4) is 0 Å². The molecule has 1 amide bonds. The summed E-state index contributed by atoms with van der Waals surface area (Å²) in [7, 11) is 0. The summed E-state index contributed by atoms with van der Waals surface area (Å²) >= 11 is 3.37. The Morgan fingerprint density at radius 3 is 2.88 bits per heavy atom. The average molecular weight is 298 g/mol. The Labute approximate surface area is 112 Å². The SMILES string of the molecule is Cc1cccc(CCC(=O)NC(C)CCBr)c1. The Bertz CT molecular complexity index is 365. The van der Waals surface area contributed by atoms with E-state index in [1.54, 1.807) is 0 Å². The van der Waals surface area contributed by atoms with Gasteiger partial charge in [-0.05, 0) is 32.3 Å². The van der Waals surface area contributed by atoms with Crippen LogP contribution in [0.15, 0.2) is 24.3 Å². The molecule has 2 nitrogen and oxygen atoms in total. The van der Waals surface area contributed by atoms with E-state index in [0.29, 0.717) is 6.42 Å². The fraction of sp³-hybridized carbons (Fsp3) is 0.500. The molecule has 1 aromatic carbocycles. The molecule has 1 N–H and O–H groups in total. The fourth-order valence-corrected chi connectivity index (χ4v) is 2.40. The topological polar surface area (TPSA) is 29.1 Å². The van der Waals surface area contributed by atoms with Crippen LogP contribution in [-0.2, 0) is 11.2 Å². The van der Waals surface area contributed by atoms with Gasteiger partial charge in [0.1, 0.15) is 0 Å². The third kappa shape index (κ3) is 5.87. The first-order chi connectivity index (χ1) is 8.11. The van der Waals surface area contributed by atoms with Gasteiger partial charge in [0, 0.05) is 17.8 Å². The lowest BCUT2D eigenvalue weighted by molar-refractivity contribution is -0.121. The predicted molar refractivity (Wildman–Crippen MR) is 75.5 cm³/mol. The smallest absolute Gasteiger partial charge is 0.220 e. The molecule has 1 unspecified atom stereocenters. The third-order valence-electron chi connectivity index (χ3n) is 2.67. The van der Waals surface area contributed by atoms with Crippen LogP contribution in [0.2, 0.25) is 0 Å². The van der Waals surface area contributed by atoms with E-state index in [1.807, 2.05) is 13.0 Å². The fourth-order valence-electron chi connectivity index (χ4n) is 1.71. The Morgan fingerprint density at radius 1 is 1.47 bits per heavy atom. The highest BCUT2D eigenvalue weighted by molar-refractivity contribution is 9.09. The van der Waals surface area contributed by atoms with Gasteiger partial charge in [0.05, 0.1) is 0 Å². The molecule has 0 spiro atoms. The molecule has 0 aliphatic rings. The predicted octanol–water partition coefficient (Wildman–Crippen LogP) is 3.22. The summed E-state index contributed by atoms with van der Waals surface area (Å²) in [4.78, 5) is 11.7. The quantitative estimate of drug-likeness (QED) is 0.803. The molecule has 0 aromatic heterocycles. The number of benzene rings is 1. The first kappa shape index (κ1) is 14.2. The molecule has 0 heterocycles. The van der Waals surface area contributed by atoms with Gasteiger partial charge in [-0.15, -0.1) is 0 Å². The van der Waals surface area contributed by atoms with Crippen LogP contribution in [0.25, 0.3) is 0 Å². The molecule has 0 saturated heterocycles. The van der Waals surface area contributed by atoms with E-state index >= 15 is 0 Å². The van der Waals surface area contributed by atoms with E-state index in [0.717, 1.165) is 18.2 Å². The summed E-state index contributed by atoms with van der Waals surface area (Å²) in [5, 5.41) is 3.92. The van der Waals surface area contributed by atoms with Crippen molar-refractivity contribution in [1.29, 1.82) is 0 Å². The van der Waals surface area contributed by atoms with Gasteiger partial charge in [-0.1, -0.05) is 45.8 Å². The Kier molecular flexibility index (Phi) is 6.27. The number of amides is 1. The van der Waals surface area contributed by atoms with Crippen LogP contribution in [0.5, 0.6) is 0 Å². The molecule has 3 heteroatoms. The van der Waals surface area contributed by atoms with Crippen molar-refractivity contribution >= 4 is 21.8 Å². The maximum Gasteiger partial charge on any atom is 0.220 e. The summed E-state index contributed by atoms with van der Waals surface area (Å²) < 4.78 is 0. The summed E-state index contributed by atoms with van der Waals surface area (Å²) in [5.74, 6) is 0.139. The summed E-state index contributed by atoms with van der Waals surface area (Å²) in [6.07, 6.45) is 2.35. The molecule has 0 fully saturated rings. The molecule has 0 saturated carbocycles. The number of carbonyl (C=O) groups is 1. The molecule has 1 atom stereocenters. The zero-order valence-corrected chi connectivity index (χ0v) is 12.1. The molecular formula is C14H20BrNO. The number of halogens is 1. The van der Waals surface area contributed by atoms with Crippen molar-refractivity contribution in [3.05, 3.63) is 35.4 Å². The van der Waals surface area contributed by atoms with E-state index in [9.17, 15) is 4.79 Å². The Morgan fingerprint density at radius 2 is 2.24 bits per heavy atom. The Hall–Kier alpha value is -0.830. The van der Waals surface area contributed by atoms with Crippen molar-refractivity contribution in [2.75, 3.05) is 5.33 Å². The van der Waals surface area contributed by atoms with Gasteiger partial charge in [0.2, 0.25) is 5.91 Å². The largest absolute Gasteiger partial charge is 0.354 e. The summed E-state index contributed by atoms with van der Waals surface area (Å²) in [6, 6.07) is 8.56. The second kappa shape index (κ2) is 7.49. The third-order valence-corrected chi connectivity index (χ3v) is 3.13. The number of carbonyl (C=O) groups excluding carboxylic acids is 1. The number of hydrogen-bond donors (Lipinski definition) is 1. The standard InChI is InChI=1S/C14H20BrNO/c1-11-4-3-5-13(10-11)6-7-14(17)16-12(2)8-9-15/h3-5,10,12H,6-9H2,1-2H3,(H,16,17). The summed E-state index contributed by atoms with van der Waals surface area (Å²) in [6.45, 7) is 4.10. The van der Waals surface area contributed by atoms with Gasteiger partial charge in [-0.3, -0.25) is 4.79 Å². The van der Waals surface area contributed by atoms with Gasteiger partial charge in [-0.25, -0.2) is 0 Å². The van der Waals surface area contributed by atoms with Gasteiger partial charge in [-0.2, -0.15) is 0 Å². The number of nitrogens with one attached hydrogen (secondary N) is 1. The minimum absolute atomic E-state index is 0.139. The van der Waals surface area contributed by atoms with Gasteiger partial charge < -0.3 is 5.32 Å². The second-order valence-corrected chi connectivity index (χ2v) is 5.23. The van der Waals surface area contributed by atoms with Crippen LogP contribution < -0.4 is 5.32 Å². The highest BCUT2D eigenvalue weighted by Crippen LogP contribution is 2.06. The van der Waals surface area contributed by atoms with Gasteiger partial charge in [0.25, 0.3) is 0 Å². The molecule has 0 bridgehead atoms. The minimum Gasteiger partial charge on any atom is -0.354 e. The van der Waals surface area contributed by atoms with Crippen LogP contribution in [0.3, 0.4) is 0 Å². The molecule has 1 rings (SSSR count). The van der Waals surface area contributed by atoms with E-state index in [4.69, 9.17) is 0 Å². The van der Waals surface area contributed by atoms with Crippen LogP contribution in [0.1, 0.15) is 30.9 Å². The molecule has 94 valence electrons. The second-order valence-electron chi connectivity index (χ2n) is 4.44. The number of hydrogen-bond acceptors (Lipinski definition) is 1. The highest BCUT2D eigenvalue weighted by Gasteiger charge is 2.06. The molecule has 1 aromatic rings. The van der Waals surface area contributed by atoms with Crippen molar-refractivity contribution in [2.24, 2.45) is 0 Å². The van der Waals surface area contributed by atoms with Crippen LogP contribution >= 0.6 is 15.9 Å². The van der Waals surface area contributed by atoms with Gasteiger partial charge in [0.15, 0.2) is 0 Å². The van der Waals surface area contributed by atoms with Gasteiger partial charge >= 0.3 is 0 Å². The van der Waals surface area contributed by atoms with Crippen molar-refractivity contribution in [2.45, 2.75) is 39.2 Å². The lowest BCUT2D eigenvalue weighted by Crippen LogP contribution is -2.32. The van der Waals surface area contributed by atoms with E-state index < -0.39 is 0 Å². The first-order valence-corrected chi connectivity index (χ1v) is 7.15. The van der Waals surface area contributed by atoms with Crippen LogP contribution in [0, 0.1) is 6.92 Å². The molecular weight excluding hydrogens is 278 g/mol. The Balaban J connectivity index is 2.33. The molecule has 0 aliphatic carbocycles. The maximum atomic E-state index is 11.7. The van der Waals surface area contributed by atoms with Crippen molar-refractivity contribution in [1.82, 2.24) is 5.32 Å². The molecule has 17 heavy (non-hydrogen) atoms. The minimum atomic E-state index is 0.139. The molecule has 0 aliphatic heterocycles. The van der Waals surface area contributed by atoms with E-state index in [-0.39, 0.29) is 11.9 Å². The number of alkyl halides is 1. The van der Waals surface area contributed by atoms with Crippen LogP contribution in [-0.4, -0.2) is 17.3 Å². The van der Waals surface area contributed by atoms with E-state index in [1.165, 1.54) is 11.1 Å². The zero-order valence-electron chi connectivity index (χ0n) is 10.5. The van der Waals surface area contributed by atoms with E-state index in [2.05, 4.69) is 46.4 Å². The normalized spacial score (nSPS) is 12.2. The maximum absolute atomic E-state index is 11.7. The van der Waals surface area contributed by atoms with Crippen LogP contribution in [0.4, 0.5) is 0 Å². The first-order valence-electron chi connectivity index (χ1n) is 6.02.